The Morgan fingerprint density at radius 1 is 1.35 bits per heavy atom. The number of hydrogen-bond donors (Lipinski definition) is 3. The maximum Gasteiger partial charge on any atom is 0.303 e. The molecule has 130 valence electrons. The van der Waals surface area contributed by atoms with Crippen LogP contribution in [0.15, 0.2) is 24.3 Å². The van der Waals surface area contributed by atoms with Crippen LogP contribution in [0.1, 0.15) is 51.9 Å². The van der Waals surface area contributed by atoms with Crippen molar-refractivity contribution in [3.63, 3.8) is 0 Å². The van der Waals surface area contributed by atoms with Gasteiger partial charge in [-0.05, 0) is 25.7 Å². The Kier molecular flexibility index (Phi) is 8.81. The molecule has 1 saturated carbocycles. The highest BCUT2D eigenvalue weighted by atomic mass is 16.4. The molecule has 3 N–H and O–H groups in total. The molecule has 0 aromatic carbocycles. The zero-order valence-electron chi connectivity index (χ0n) is 13.7. The summed E-state index contributed by atoms with van der Waals surface area (Å²) >= 11 is 0. The van der Waals surface area contributed by atoms with Crippen LogP contribution in [0.4, 0.5) is 0 Å². The monoisotopic (exact) mass is 324 g/mol. The Hall–Kier alpha value is -1.46. The third-order valence-electron chi connectivity index (χ3n) is 4.22. The molecule has 0 spiro atoms. The van der Waals surface area contributed by atoms with Crippen LogP contribution in [0.25, 0.3) is 0 Å². The van der Waals surface area contributed by atoms with E-state index in [1.807, 2.05) is 19.1 Å². The molecule has 1 rings (SSSR count). The SMILES string of the molecule is CC/C=C\C[C@H](O)/C=C/[C@@H]1[C@H](O)CC(=O)[C@@H]1CCCCC(=O)O. The van der Waals surface area contributed by atoms with E-state index in [0.717, 1.165) is 6.42 Å². The number of aliphatic hydroxyl groups excluding tert-OH is 2. The second-order valence-electron chi connectivity index (χ2n) is 6.13. The summed E-state index contributed by atoms with van der Waals surface area (Å²) in [5.74, 6) is -1.35. The number of aliphatic hydroxyl groups is 2. The lowest BCUT2D eigenvalue weighted by molar-refractivity contribution is -0.137. The van der Waals surface area contributed by atoms with E-state index in [1.165, 1.54) is 0 Å². The van der Waals surface area contributed by atoms with Gasteiger partial charge in [0.25, 0.3) is 0 Å². The molecule has 5 nitrogen and oxygen atoms in total. The van der Waals surface area contributed by atoms with Gasteiger partial charge in [0, 0.05) is 24.7 Å². The minimum atomic E-state index is -0.831. The van der Waals surface area contributed by atoms with Gasteiger partial charge in [-0.15, -0.1) is 0 Å². The first-order valence-electron chi connectivity index (χ1n) is 8.39. The minimum Gasteiger partial charge on any atom is -0.481 e. The Morgan fingerprint density at radius 2 is 2.09 bits per heavy atom. The van der Waals surface area contributed by atoms with Crippen LogP contribution in [0.3, 0.4) is 0 Å². The summed E-state index contributed by atoms with van der Waals surface area (Å²) in [7, 11) is 0. The molecule has 23 heavy (non-hydrogen) atoms. The summed E-state index contributed by atoms with van der Waals surface area (Å²) in [5, 5.41) is 28.6. The quantitative estimate of drug-likeness (QED) is 0.424. The van der Waals surface area contributed by atoms with E-state index in [2.05, 4.69) is 0 Å². The summed E-state index contributed by atoms with van der Waals surface area (Å²) < 4.78 is 0. The van der Waals surface area contributed by atoms with E-state index < -0.39 is 18.2 Å². The maximum atomic E-state index is 12.0. The first-order valence-corrected chi connectivity index (χ1v) is 8.39. The molecule has 0 bridgehead atoms. The van der Waals surface area contributed by atoms with Gasteiger partial charge in [-0.25, -0.2) is 0 Å². The van der Waals surface area contributed by atoms with Crippen molar-refractivity contribution in [2.75, 3.05) is 0 Å². The molecule has 0 aliphatic heterocycles. The lowest BCUT2D eigenvalue weighted by atomic mass is 9.88. The van der Waals surface area contributed by atoms with Gasteiger partial charge < -0.3 is 15.3 Å². The van der Waals surface area contributed by atoms with Crippen molar-refractivity contribution in [1.82, 2.24) is 0 Å². The number of hydrogen-bond acceptors (Lipinski definition) is 4. The number of allylic oxidation sites excluding steroid dienone is 1. The molecule has 0 aromatic heterocycles. The second-order valence-corrected chi connectivity index (χ2v) is 6.13. The van der Waals surface area contributed by atoms with Crippen molar-refractivity contribution in [3.8, 4) is 0 Å². The van der Waals surface area contributed by atoms with Gasteiger partial charge in [-0.3, -0.25) is 9.59 Å². The Morgan fingerprint density at radius 3 is 2.74 bits per heavy atom. The Balaban J connectivity index is 2.53. The Bertz CT molecular complexity index is 441. The summed E-state index contributed by atoms with van der Waals surface area (Å²) in [6.07, 6.45) is 9.44. The smallest absolute Gasteiger partial charge is 0.303 e. The Labute approximate surface area is 137 Å². The molecule has 4 atom stereocenters. The molecule has 0 aromatic rings. The largest absolute Gasteiger partial charge is 0.481 e. The molecule has 0 saturated heterocycles. The highest BCUT2D eigenvalue weighted by molar-refractivity contribution is 5.84. The fourth-order valence-corrected chi connectivity index (χ4v) is 2.97. The van der Waals surface area contributed by atoms with Crippen molar-refractivity contribution >= 4 is 11.8 Å². The first kappa shape index (κ1) is 19.6. The molecule has 1 aliphatic rings. The summed E-state index contributed by atoms with van der Waals surface area (Å²) in [6, 6.07) is 0. The van der Waals surface area contributed by atoms with Gasteiger partial charge >= 0.3 is 5.97 Å². The molecule has 5 heteroatoms. The third kappa shape index (κ3) is 7.10. The highest BCUT2D eigenvalue weighted by Gasteiger charge is 2.39. The molecule has 1 fully saturated rings. The second kappa shape index (κ2) is 10.3. The van der Waals surface area contributed by atoms with Crippen molar-refractivity contribution < 1.29 is 24.9 Å². The van der Waals surface area contributed by atoms with Crippen LogP contribution >= 0.6 is 0 Å². The number of carboxylic acids is 1. The number of carboxylic acid groups (broad SMARTS) is 1. The predicted molar refractivity (Wildman–Crippen MR) is 87.9 cm³/mol. The number of Topliss-reactive ketones (excluding diaryl/α,β-unsaturated/α-hetero) is 1. The molecular formula is C18H28O5. The van der Waals surface area contributed by atoms with Crippen LogP contribution in [0.2, 0.25) is 0 Å². The van der Waals surface area contributed by atoms with Gasteiger partial charge in [-0.1, -0.05) is 37.6 Å². The third-order valence-corrected chi connectivity index (χ3v) is 4.22. The highest BCUT2D eigenvalue weighted by Crippen LogP contribution is 2.34. The number of aliphatic carboxylic acids is 1. The number of carbonyl (C=O) groups is 2. The first-order chi connectivity index (χ1) is 11.0. The zero-order valence-corrected chi connectivity index (χ0v) is 13.7. The molecule has 0 amide bonds. The van der Waals surface area contributed by atoms with E-state index in [-0.39, 0.29) is 30.5 Å². The summed E-state index contributed by atoms with van der Waals surface area (Å²) in [4.78, 5) is 22.5. The normalized spacial score (nSPS) is 26.4. The van der Waals surface area contributed by atoms with E-state index in [9.17, 15) is 19.8 Å². The van der Waals surface area contributed by atoms with Crippen LogP contribution in [-0.2, 0) is 9.59 Å². The van der Waals surface area contributed by atoms with Crippen molar-refractivity contribution in [2.45, 2.75) is 64.1 Å². The standard InChI is InChI=1S/C18H28O5/c1-2-3-4-7-13(19)10-11-15-14(16(20)12-17(15)21)8-5-6-9-18(22)23/h3-4,10-11,13-15,17,19,21H,2,5-9,12H2,1H3,(H,22,23)/b4-3-,11-10+/t13-,14+,15-,17+/m0/s1. The van der Waals surface area contributed by atoms with Crippen molar-refractivity contribution in [3.05, 3.63) is 24.3 Å². The zero-order chi connectivity index (χ0) is 17.2. The fraction of sp³-hybridized carbons (Fsp3) is 0.667. The van der Waals surface area contributed by atoms with Crippen LogP contribution in [0.5, 0.6) is 0 Å². The average Bonchev–Trinajstić information content (AvgIpc) is 2.75. The minimum absolute atomic E-state index is 0.0304. The van der Waals surface area contributed by atoms with Gasteiger partial charge in [0.15, 0.2) is 0 Å². The molecule has 0 unspecified atom stereocenters. The van der Waals surface area contributed by atoms with Gasteiger partial charge in [0.2, 0.25) is 0 Å². The lowest BCUT2D eigenvalue weighted by Gasteiger charge is -2.17. The number of rotatable bonds is 10. The van der Waals surface area contributed by atoms with E-state index in [4.69, 9.17) is 5.11 Å². The van der Waals surface area contributed by atoms with E-state index in [1.54, 1.807) is 12.2 Å². The predicted octanol–water partition coefficient (Wildman–Crippen LogP) is 2.47. The van der Waals surface area contributed by atoms with Gasteiger partial charge in [0.05, 0.1) is 12.2 Å². The van der Waals surface area contributed by atoms with E-state index in [0.29, 0.717) is 25.7 Å². The number of ketones is 1. The van der Waals surface area contributed by atoms with Crippen LogP contribution in [0, 0.1) is 11.8 Å². The topological polar surface area (TPSA) is 94.8 Å². The molecule has 0 radical (unpaired) electrons. The summed E-state index contributed by atoms with van der Waals surface area (Å²) in [5.41, 5.74) is 0. The lowest BCUT2D eigenvalue weighted by Crippen LogP contribution is -2.19. The maximum absolute atomic E-state index is 12.0. The van der Waals surface area contributed by atoms with E-state index >= 15 is 0 Å². The van der Waals surface area contributed by atoms with Crippen LogP contribution < -0.4 is 0 Å². The van der Waals surface area contributed by atoms with Crippen LogP contribution in [-0.4, -0.2) is 39.3 Å². The number of carbonyl (C=O) groups excluding carboxylic acids is 1. The average molecular weight is 324 g/mol. The molecule has 0 heterocycles. The van der Waals surface area contributed by atoms with Gasteiger partial charge in [0.1, 0.15) is 5.78 Å². The summed E-state index contributed by atoms with van der Waals surface area (Å²) in [6.45, 7) is 2.02. The van der Waals surface area contributed by atoms with Crippen molar-refractivity contribution in [2.24, 2.45) is 11.8 Å². The molecular weight excluding hydrogens is 296 g/mol. The fourth-order valence-electron chi connectivity index (χ4n) is 2.97. The van der Waals surface area contributed by atoms with Gasteiger partial charge in [-0.2, -0.15) is 0 Å². The van der Waals surface area contributed by atoms with Crippen molar-refractivity contribution in [1.29, 1.82) is 0 Å². The number of unbranched alkanes of at least 4 members (excludes halogenated alkanes) is 1. The molecule has 1 aliphatic carbocycles.